The summed E-state index contributed by atoms with van der Waals surface area (Å²) in [5.74, 6) is 2.26. The highest BCUT2D eigenvalue weighted by Gasteiger charge is 2.60. The third-order valence-corrected chi connectivity index (χ3v) is 10.8. The number of carboxylic acid groups (broad SMARTS) is 2. The van der Waals surface area contributed by atoms with Crippen molar-refractivity contribution >= 4 is 17.7 Å². The minimum absolute atomic E-state index is 0.296. The van der Waals surface area contributed by atoms with Gasteiger partial charge in [-0.1, -0.05) is 27.2 Å². The number of fused-ring (bicyclic) bond motifs is 5. The monoisotopic (exact) mass is 446 g/mol. The van der Waals surface area contributed by atoms with Gasteiger partial charge in [-0.25, -0.2) is 0 Å². The molecule has 0 aliphatic heterocycles. The van der Waals surface area contributed by atoms with Crippen LogP contribution in [0.15, 0.2) is 0 Å². The topological polar surface area (TPSA) is 91.7 Å². The molecule has 0 radical (unpaired) electrons. The highest BCUT2D eigenvalue weighted by Crippen LogP contribution is 2.67. The highest BCUT2D eigenvalue weighted by atomic mass is 16.4. The summed E-state index contributed by atoms with van der Waals surface area (Å²) in [5.41, 5.74) is 0.948. The molecule has 0 spiro atoms. The fourth-order valence-electron chi connectivity index (χ4n) is 8.88. The van der Waals surface area contributed by atoms with Gasteiger partial charge in [-0.15, -0.1) is 0 Å². The lowest BCUT2D eigenvalue weighted by Gasteiger charge is -2.61. The first kappa shape index (κ1) is 23.8. The van der Waals surface area contributed by atoms with Crippen molar-refractivity contribution in [2.24, 2.45) is 58.2 Å². The van der Waals surface area contributed by atoms with Gasteiger partial charge in [0.25, 0.3) is 0 Å². The third-order valence-electron chi connectivity index (χ3n) is 10.8. The van der Waals surface area contributed by atoms with Crippen LogP contribution in [0.5, 0.6) is 0 Å². The van der Waals surface area contributed by atoms with E-state index in [9.17, 15) is 14.4 Å². The molecule has 0 aromatic rings. The van der Waals surface area contributed by atoms with Gasteiger partial charge >= 0.3 is 11.9 Å². The van der Waals surface area contributed by atoms with Gasteiger partial charge in [0.15, 0.2) is 0 Å². The summed E-state index contributed by atoms with van der Waals surface area (Å²) in [6, 6.07) is 0. The fraction of sp³-hybridized carbons (Fsp3) is 0.889. The van der Waals surface area contributed by atoms with Crippen LogP contribution in [0.4, 0.5) is 0 Å². The van der Waals surface area contributed by atoms with Gasteiger partial charge in [0.2, 0.25) is 0 Å². The molecule has 2 N–H and O–H groups in total. The maximum Gasteiger partial charge on any atom is 0.307 e. The average Bonchev–Trinajstić information content (AvgIpc) is 3.45. The Kier molecular flexibility index (Phi) is 6.26. The summed E-state index contributed by atoms with van der Waals surface area (Å²) in [5, 5.41) is 16.4. The van der Waals surface area contributed by atoms with E-state index in [1.165, 1.54) is 57.8 Å². The smallest absolute Gasteiger partial charge is 0.307 e. The maximum atomic E-state index is 12.2. The fourth-order valence-corrected chi connectivity index (χ4v) is 8.88. The molecule has 180 valence electrons. The first-order chi connectivity index (χ1) is 15.0. The Labute approximate surface area is 192 Å². The number of aliphatic carboxylic acids is 2. The molecule has 0 bridgehead atoms. The summed E-state index contributed by atoms with van der Waals surface area (Å²) in [6.45, 7) is 9.45. The number of ketones is 1. The molecule has 10 unspecified atom stereocenters. The molecule has 5 saturated carbocycles. The van der Waals surface area contributed by atoms with E-state index in [-0.39, 0.29) is 0 Å². The largest absolute Gasteiger partial charge is 0.481 e. The number of hydrogen-bond donors (Lipinski definition) is 2. The van der Waals surface area contributed by atoms with E-state index in [1.54, 1.807) is 0 Å². The van der Waals surface area contributed by atoms with E-state index in [0.717, 1.165) is 29.6 Å². The number of Topliss-reactive ketones (excluding diaryl/α,β-unsaturated/α-hetero) is 1. The van der Waals surface area contributed by atoms with E-state index in [0.29, 0.717) is 29.0 Å². The molecule has 0 aromatic heterocycles. The highest BCUT2D eigenvalue weighted by molar-refractivity contribution is 5.85. The standard InChI is InChI=1S/C22H36O.C5H6O4/c1-14-9-11-21(3)16(13-14)5-6-17-19-8-7-18(15(2)23)22(19,4)12-10-20(17)21;6-4(7)2-1-3(2)5(8)9/h14,16-20H,5-13H2,1-4H3;2-3H,1H2,(H,6,7)(H,8,9). The van der Waals surface area contributed by atoms with E-state index in [4.69, 9.17) is 10.2 Å². The number of carbonyl (C=O) groups excluding carboxylic acids is 1. The zero-order valence-corrected chi connectivity index (χ0v) is 20.3. The van der Waals surface area contributed by atoms with Crippen LogP contribution in [-0.4, -0.2) is 27.9 Å². The number of rotatable bonds is 3. The second kappa shape index (κ2) is 8.43. The minimum atomic E-state index is -0.998. The van der Waals surface area contributed by atoms with Crippen LogP contribution >= 0.6 is 0 Å². The summed E-state index contributed by atoms with van der Waals surface area (Å²) in [6.07, 6.45) is 12.9. The molecule has 5 rings (SSSR count). The first-order valence-electron chi connectivity index (χ1n) is 12.9. The Hall–Kier alpha value is -1.39. The van der Waals surface area contributed by atoms with Gasteiger partial charge in [0.1, 0.15) is 5.78 Å². The van der Waals surface area contributed by atoms with Crippen LogP contribution in [0, 0.1) is 58.2 Å². The van der Waals surface area contributed by atoms with Crippen LogP contribution in [0.2, 0.25) is 0 Å². The zero-order valence-electron chi connectivity index (χ0n) is 20.3. The van der Waals surface area contributed by atoms with Gasteiger partial charge < -0.3 is 10.2 Å². The molecule has 32 heavy (non-hydrogen) atoms. The van der Waals surface area contributed by atoms with Gasteiger partial charge in [-0.2, -0.15) is 0 Å². The lowest BCUT2D eigenvalue weighted by atomic mass is 9.44. The second-order valence-corrected chi connectivity index (χ2v) is 12.4. The number of carbonyl (C=O) groups is 3. The van der Waals surface area contributed by atoms with Gasteiger partial charge in [-0.3, -0.25) is 14.4 Å². The predicted molar refractivity (Wildman–Crippen MR) is 122 cm³/mol. The molecule has 5 nitrogen and oxygen atoms in total. The van der Waals surface area contributed by atoms with Crippen molar-refractivity contribution in [1.29, 1.82) is 0 Å². The van der Waals surface area contributed by atoms with Crippen molar-refractivity contribution in [2.45, 2.75) is 91.9 Å². The normalized spacial score (nSPS) is 48.9. The maximum absolute atomic E-state index is 12.2. The van der Waals surface area contributed by atoms with E-state index in [1.807, 2.05) is 6.92 Å². The first-order valence-corrected chi connectivity index (χ1v) is 12.9. The van der Waals surface area contributed by atoms with Crippen molar-refractivity contribution < 1.29 is 24.6 Å². The number of carboxylic acids is 2. The SMILES string of the molecule is CC(=O)C1CCC2C3CCC4CC(C)CCC4(C)C3CCC12C.O=C(O)C1CC1C(=O)O. The quantitative estimate of drug-likeness (QED) is 0.583. The Balaban J connectivity index is 0.000000230. The Morgan fingerprint density at radius 1 is 0.750 bits per heavy atom. The van der Waals surface area contributed by atoms with Crippen molar-refractivity contribution in [3.63, 3.8) is 0 Å². The van der Waals surface area contributed by atoms with Crippen LogP contribution < -0.4 is 0 Å². The minimum Gasteiger partial charge on any atom is -0.481 e. The molecule has 0 saturated heterocycles. The zero-order chi connectivity index (χ0) is 23.4. The average molecular weight is 447 g/mol. The third kappa shape index (κ3) is 3.92. The van der Waals surface area contributed by atoms with E-state index >= 15 is 0 Å². The van der Waals surface area contributed by atoms with Crippen molar-refractivity contribution in [1.82, 2.24) is 0 Å². The van der Waals surface area contributed by atoms with Crippen LogP contribution in [-0.2, 0) is 14.4 Å². The predicted octanol–water partition coefficient (Wildman–Crippen LogP) is 5.66. The summed E-state index contributed by atoms with van der Waals surface area (Å²) >= 11 is 0. The molecular formula is C27H42O5. The molecule has 0 aromatic carbocycles. The Morgan fingerprint density at radius 2 is 1.34 bits per heavy atom. The Bertz CT molecular complexity index is 758. The summed E-state index contributed by atoms with van der Waals surface area (Å²) < 4.78 is 0. The molecule has 0 amide bonds. The van der Waals surface area contributed by atoms with Crippen molar-refractivity contribution in [3.05, 3.63) is 0 Å². The summed E-state index contributed by atoms with van der Waals surface area (Å²) in [7, 11) is 0. The van der Waals surface area contributed by atoms with Crippen LogP contribution in [0.3, 0.4) is 0 Å². The van der Waals surface area contributed by atoms with Gasteiger partial charge in [0, 0.05) is 5.92 Å². The lowest BCUT2D eigenvalue weighted by Crippen LogP contribution is -2.53. The molecule has 5 aliphatic rings. The van der Waals surface area contributed by atoms with E-state index in [2.05, 4.69) is 20.8 Å². The molecule has 10 atom stereocenters. The van der Waals surface area contributed by atoms with E-state index < -0.39 is 23.8 Å². The number of hydrogen-bond acceptors (Lipinski definition) is 3. The van der Waals surface area contributed by atoms with Gasteiger partial charge in [0.05, 0.1) is 11.8 Å². The van der Waals surface area contributed by atoms with Crippen LogP contribution in [0.25, 0.3) is 0 Å². The lowest BCUT2D eigenvalue weighted by molar-refractivity contribution is -0.144. The van der Waals surface area contributed by atoms with Crippen LogP contribution in [0.1, 0.15) is 91.9 Å². The summed E-state index contributed by atoms with van der Waals surface area (Å²) in [4.78, 5) is 32.2. The van der Waals surface area contributed by atoms with Crippen molar-refractivity contribution in [3.8, 4) is 0 Å². The van der Waals surface area contributed by atoms with Crippen molar-refractivity contribution in [2.75, 3.05) is 0 Å². The molecule has 5 aliphatic carbocycles. The molecule has 0 heterocycles. The van der Waals surface area contributed by atoms with Gasteiger partial charge in [-0.05, 0) is 105 Å². The molecular weight excluding hydrogens is 404 g/mol. The molecule has 5 fully saturated rings. The Morgan fingerprint density at radius 3 is 1.91 bits per heavy atom. The second-order valence-electron chi connectivity index (χ2n) is 12.4. The molecule has 5 heteroatoms.